The number of hydrogen-bond donors (Lipinski definition) is 0. The number of hydrogen-bond acceptors (Lipinski definition) is 6. The third-order valence-electron chi connectivity index (χ3n) is 5.39. The zero-order valence-corrected chi connectivity index (χ0v) is 15.6. The third-order valence-corrected chi connectivity index (χ3v) is 5.39. The van der Waals surface area contributed by atoms with Crippen molar-refractivity contribution in [1.29, 1.82) is 0 Å². The lowest BCUT2D eigenvalue weighted by atomic mass is 10.2. The minimum atomic E-state index is 1.02. The molecule has 2 fully saturated rings. The van der Waals surface area contributed by atoms with Gasteiger partial charge in [0.15, 0.2) is 0 Å². The van der Waals surface area contributed by atoms with Crippen molar-refractivity contribution in [2.24, 2.45) is 0 Å². The summed E-state index contributed by atoms with van der Waals surface area (Å²) in [6, 6.07) is 8.45. The van der Waals surface area contributed by atoms with Crippen molar-refractivity contribution >= 4 is 11.6 Å². The van der Waals surface area contributed by atoms with Gasteiger partial charge in [-0.3, -0.25) is 9.88 Å². The number of aryl methyl sites for hydroxylation is 1. The fourth-order valence-corrected chi connectivity index (χ4v) is 3.84. The summed E-state index contributed by atoms with van der Waals surface area (Å²) < 4.78 is 0. The number of anilines is 2. The smallest absolute Gasteiger partial charge is 0.134 e. The Bertz CT molecular complexity index is 720. The summed E-state index contributed by atoms with van der Waals surface area (Å²) >= 11 is 0. The van der Waals surface area contributed by atoms with Crippen molar-refractivity contribution in [3.8, 4) is 0 Å². The molecule has 0 N–H and O–H groups in total. The van der Waals surface area contributed by atoms with Crippen molar-refractivity contribution in [1.82, 2.24) is 19.9 Å². The Balaban J connectivity index is 1.30. The maximum atomic E-state index is 4.61. The molecule has 26 heavy (non-hydrogen) atoms. The third kappa shape index (κ3) is 4.12. The molecule has 0 unspecified atom stereocenters. The quantitative estimate of drug-likeness (QED) is 0.822. The molecule has 2 aromatic heterocycles. The highest BCUT2D eigenvalue weighted by Crippen LogP contribution is 2.22. The first kappa shape index (κ1) is 17.2. The Labute approximate surface area is 155 Å². The maximum absolute atomic E-state index is 4.61. The van der Waals surface area contributed by atoms with Gasteiger partial charge < -0.3 is 9.80 Å². The summed E-state index contributed by atoms with van der Waals surface area (Å²) in [6.45, 7) is 9.58. The number of nitrogens with zero attached hydrogens (tertiary/aromatic N) is 6. The molecule has 0 radical (unpaired) electrons. The largest absolute Gasteiger partial charge is 0.356 e. The topological polar surface area (TPSA) is 48.4 Å². The number of piperazine rings is 1. The van der Waals surface area contributed by atoms with Gasteiger partial charge in [0.2, 0.25) is 0 Å². The number of pyridine rings is 1. The molecule has 6 nitrogen and oxygen atoms in total. The molecule has 2 aliphatic heterocycles. The number of aromatic nitrogens is 3. The molecule has 0 spiro atoms. The minimum absolute atomic E-state index is 1.02. The van der Waals surface area contributed by atoms with E-state index in [1.54, 1.807) is 6.33 Å². The second-order valence-corrected chi connectivity index (χ2v) is 7.28. The molecule has 0 bridgehead atoms. The molecular formula is C20H28N6. The van der Waals surface area contributed by atoms with Gasteiger partial charge in [0.25, 0.3) is 0 Å². The van der Waals surface area contributed by atoms with Crippen molar-refractivity contribution in [3.63, 3.8) is 0 Å². The van der Waals surface area contributed by atoms with Crippen LogP contribution in [0.2, 0.25) is 0 Å². The Kier molecular flexibility index (Phi) is 5.29. The molecule has 138 valence electrons. The molecule has 4 rings (SSSR count). The first-order valence-electron chi connectivity index (χ1n) is 9.75. The summed E-state index contributed by atoms with van der Waals surface area (Å²) in [5.41, 5.74) is 2.29. The van der Waals surface area contributed by atoms with E-state index in [4.69, 9.17) is 0 Å². The van der Waals surface area contributed by atoms with Gasteiger partial charge in [-0.1, -0.05) is 6.07 Å². The van der Waals surface area contributed by atoms with Crippen molar-refractivity contribution in [2.45, 2.75) is 26.2 Å². The highest BCUT2D eigenvalue weighted by Gasteiger charge is 2.20. The molecule has 0 saturated carbocycles. The normalized spacial score (nSPS) is 18.5. The highest BCUT2D eigenvalue weighted by atomic mass is 15.3. The number of rotatable bonds is 5. The van der Waals surface area contributed by atoms with E-state index in [1.165, 1.54) is 18.5 Å². The molecule has 4 heterocycles. The van der Waals surface area contributed by atoms with Gasteiger partial charge in [-0.15, -0.1) is 0 Å². The highest BCUT2D eigenvalue weighted by molar-refractivity contribution is 5.50. The summed E-state index contributed by atoms with van der Waals surface area (Å²) in [5.74, 6) is 2.15. The predicted molar refractivity (Wildman–Crippen MR) is 105 cm³/mol. The Morgan fingerprint density at radius 3 is 2.27 bits per heavy atom. The molecule has 0 atom stereocenters. The maximum Gasteiger partial charge on any atom is 0.134 e. The van der Waals surface area contributed by atoms with Crippen LogP contribution in [0.5, 0.6) is 0 Å². The summed E-state index contributed by atoms with van der Waals surface area (Å²) in [4.78, 5) is 20.9. The standard InChI is InChI=1S/C20H28N6/c1-17-5-4-6-18(23-17)7-10-24-11-13-26(14-12-24)20-15-19(21-16-22-20)25-8-2-3-9-25/h4-6,15-16H,2-3,7-14H2,1H3. The lowest BCUT2D eigenvalue weighted by Crippen LogP contribution is -2.47. The van der Waals surface area contributed by atoms with Gasteiger partial charge in [0.05, 0.1) is 0 Å². The van der Waals surface area contributed by atoms with Gasteiger partial charge >= 0.3 is 0 Å². The van der Waals surface area contributed by atoms with Crippen LogP contribution in [-0.2, 0) is 6.42 Å². The SMILES string of the molecule is Cc1cccc(CCN2CCN(c3cc(N4CCCC4)ncn3)CC2)n1. The Hall–Kier alpha value is -2.21. The van der Waals surface area contributed by atoms with Gasteiger partial charge in [-0.05, 0) is 31.9 Å². The zero-order valence-electron chi connectivity index (χ0n) is 15.6. The van der Waals surface area contributed by atoms with Gasteiger partial charge in [-0.25, -0.2) is 9.97 Å². The van der Waals surface area contributed by atoms with Gasteiger partial charge in [-0.2, -0.15) is 0 Å². The van der Waals surface area contributed by atoms with Gasteiger partial charge in [0.1, 0.15) is 18.0 Å². The molecule has 0 aromatic carbocycles. The van der Waals surface area contributed by atoms with E-state index in [-0.39, 0.29) is 0 Å². The fourth-order valence-electron chi connectivity index (χ4n) is 3.84. The minimum Gasteiger partial charge on any atom is -0.356 e. The molecule has 0 aliphatic carbocycles. The van der Waals surface area contributed by atoms with E-state index in [9.17, 15) is 0 Å². The lowest BCUT2D eigenvalue weighted by molar-refractivity contribution is 0.259. The van der Waals surface area contributed by atoms with Gasteiger partial charge in [0, 0.05) is 69.7 Å². The van der Waals surface area contributed by atoms with Crippen LogP contribution in [0.15, 0.2) is 30.6 Å². The molecule has 6 heteroatoms. The fraction of sp³-hybridized carbons (Fsp3) is 0.550. The molecule has 2 saturated heterocycles. The van der Waals surface area contributed by atoms with Crippen LogP contribution in [0.4, 0.5) is 11.6 Å². The Morgan fingerprint density at radius 1 is 0.885 bits per heavy atom. The molecular weight excluding hydrogens is 324 g/mol. The predicted octanol–water partition coefficient (Wildman–Crippen LogP) is 2.14. The van der Waals surface area contributed by atoms with Crippen LogP contribution in [-0.4, -0.2) is 65.7 Å². The summed E-state index contributed by atoms with van der Waals surface area (Å²) in [6.07, 6.45) is 5.29. The molecule has 2 aliphatic rings. The van der Waals surface area contributed by atoms with Crippen LogP contribution in [0, 0.1) is 6.92 Å². The van der Waals surface area contributed by atoms with E-state index in [1.807, 2.05) is 0 Å². The Morgan fingerprint density at radius 2 is 1.58 bits per heavy atom. The van der Waals surface area contributed by atoms with E-state index < -0.39 is 0 Å². The lowest BCUT2D eigenvalue weighted by Gasteiger charge is -2.35. The second-order valence-electron chi connectivity index (χ2n) is 7.28. The van der Waals surface area contributed by atoms with Crippen LogP contribution in [0.1, 0.15) is 24.2 Å². The average molecular weight is 352 g/mol. The van der Waals surface area contributed by atoms with E-state index in [0.717, 1.165) is 69.6 Å². The molecule has 2 aromatic rings. The van der Waals surface area contributed by atoms with Crippen LogP contribution < -0.4 is 9.80 Å². The molecule has 0 amide bonds. The first-order chi connectivity index (χ1) is 12.8. The van der Waals surface area contributed by atoms with Crippen LogP contribution in [0.3, 0.4) is 0 Å². The van der Waals surface area contributed by atoms with E-state index >= 15 is 0 Å². The average Bonchev–Trinajstić information content (AvgIpc) is 3.22. The van der Waals surface area contributed by atoms with Crippen LogP contribution in [0.25, 0.3) is 0 Å². The summed E-state index contributed by atoms with van der Waals surface area (Å²) in [5, 5.41) is 0. The first-order valence-corrected chi connectivity index (χ1v) is 9.75. The van der Waals surface area contributed by atoms with Crippen molar-refractivity contribution in [3.05, 3.63) is 42.0 Å². The van der Waals surface area contributed by atoms with E-state index in [2.05, 4.69) is 60.8 Å². The monoisotopic (exact) mass is 352 g/mol. The van der Waals surface area contributed by atoms with Crippen molar-refractivity contribution < 1.29 is 0 Å². The second kappa shape index (κ2) is 7.99. The van der Waals surface area contributed by atoms with Crippen molar-refractivity contribution in [2.75, 3.05) is 55.6 Å². The zero-order chi connectivity index (χ0) is 17.8. The van der Waals surface area contributed by atoms with E-state index in [0.29, 0.717) is 0 Å². The summed E-state index contributed by atoms with van der Waals surface area (Å²) in [7, 11) is 0. The van der Waals surface area contributed by atoms with Crippen LogP contribution >= 0.6 is 0 Å².